The fourth-order valence-corrected chi connectivity index (χ4v) is 1.71. The van der Waals surface area contributed by atoms with E-state index in [4.69, 9.17) is 5.73 Å². The molecule has 1 fully saturated rings. The molecular weight excluding hydrogens is 244 g/mol. The Morgan fingerprint density at radius 2 is 2.17 bits per heavy atom. The van der Waals surface area contributed by atoms with E-state index in [1.807, 2.05) is 0 Å². The summed E-state index contributed by atoms with van der Waals surface area (Å²) in [5.41, 5.74) is 4.86. The largest absolute Gasteiger partial charge is 0.395 e. The second-order valence-electron chi connectivity index (χ2n) is 3.97. The lowest BCUT2D eigenvalue weighted by Crippen LogP contribution is -2.37. The summed E-state index contributed by atoms with van der Waals surface area (Å²) in [6.07, 6.45) is 0.638. The number of carbonyl (C=O) groups is 2. The van der Waals surface area contributed by atoms with Gasteiger partial charge >= 0.3 is 0 Å². The van der Waals surface area contributed by atoms with Crippen molar-refractivity contribution in [3.8, 4) is 0 Å². The van der Waals surface area contributed by atoms with Crippen LogP contribution in [0.2, 0.25) is 0 Å². The molecule has 18 heavy (non-hydrogen) atoms. The first-order chi connectivity index (χ1) is 8.49. The lowest BCUT2D eigenvalue weighted by Gasteiger charge is -2.13. The fraction of sp³-hybridized carbons (Fsp3) is 0.273. The van der Waals surface area contributed by atoms with Gasteiger partial charge in [-0.15, -0.1) is 0 Å². The molecule has 1 heterocycles. The van der Waals surface area contributed by atoms with Crippen molar-refractivity contribution in [2.24, 2.45) is 0 Å². The Morgan fingerprint density at radius 3 is 2.78 bits per heavy atom. The summed E-state index contributed by atoms with van der Waals surface area (Å²) in [7, 11) is 0. The van der Waals surface area contributed by atoms with Crippen LogP contribution in [0.25, 0.3) is 0 Å². The van der Waals surface area contributed by atoms with E-state index in [-0.39, 0.29) is 18.0 Å². The van der Waals surface area contributed by atoms with Crippen LogP contribution in [0.4, 0.5) is 20.2 Å². The summed E-state index contributed by atoms with van der Waals surface area (Å²) < 4.78 is 26.0. The van der Waals surface area contributed by atoms with Crippen LogP contribution in [0.15, 0.2) is 12.1 Å². The number of nitrogens with two attached hydrogens (primary N) is 1. The van der Waals surface area contributed by atoms with Crippen LogP contribution in [0.3, 0.4) is 0 Å². The minimum atomic E-state index is -1.21. The number of nitrogens with one attached hydrogen (secondary N) is 2. The normalized spacial score (nSPS) is 18.6. The number of hydrogen-bond acceptors (Lipinski definition) is 3. The van der Waals surface area contributed by atoms with E-state index >= 15 is 0 Å². The zero-order valence-corrected chi connectivity index (χ0v) is 9.30. The summed E-state index contributed by atoms with van der Waals surface area (Å²) in [6.45, 7) is 0. The first-order valence-corrected chi connectivity index (χ1v) is 5.32. The zero-order valence-electron chi connectivity index (χ0n) is 9.30. The van der Waals surface area contributed by atoms with Gasteiger partial charge in [-0.3, -0.25) is 9.59 Å². The van der Waals surface area contributed by atoms with E-state index in [1.54, 1.807) is 0 Å². The number of rotatable bonds is 2. The van der Waals surface area contributed by atoms with Gasteiger partial charge in [0.2, 0.25) is 11.8 Å². The highest BCUT2D eigenvalue weighted by Gasteiger charge is 2.27. The fourth-order valence-electron chi connectivity index (χ4n) is 1.71. The van der Waals surface area contributed by atoms with Crippen molar-refractivity contribution >= 4 is 23.2 Å². The first-order valence-electron chi connectivity index (χ1n) is 5.32. The molecule has 1 saturated heterocycles. The highest BCUT2D eigenvalue weighted by Crippen LogP contribution is 2.24. The van der Waals surface area contributed by atoms with Gasteiger partial charge in [0.1, 0.15) is 6.04 Å². The summed E-state index contributed by atoms with van der Waals surface area (Å²) in [5.74, 6) is -3.00. The van der Waals surface area contributed by atoms with Crippen molar-refractivity contribution in [1.29, 1.82) is 0 Å². The number of hydrogen-bond donors (Lipinski definition) is 3. The molecule has 1 aromatic rings. The predicted molar refractivity (Wildman–Crippen MR) is 60.6 cm³/mol. The Hall–Kier alpha value is -2.18. The molecule has 1 aromatic carbocycles. The minimum Gasteiger partial charge on any atom is -0.395 e. The average Bonchev–Trinajstić information content (AvgIpc) is 2.77. The maximum atomic E-state index is 13.2. The highest BCUT2D eigenvalue weighted by molar-refractivity contribution is 6.00. The van der Waals surface area contributed by atoms with Crippen molar-refractivity contribution in [3.63, 3.8) is 0 Å². The van der Waals surface area contributed by atoms with Crippen molar-refractivity contribution < 1.29 is 18.4 Å². The molecular formula is C11H11F2N3O2. The van der Waals surface area contributed by atoms with Gasteiger partial charge in [-0.2, -0.15) is 0 Å². The maximum Gasteiger partial charge on any atom is 0.247 e. The second-order valence-corrected chi connectivity index (χ2v) is 3.97. The molecule has 1 aliphatic heterocycles. The van der Waals surface area contributed by atoms with Crippen LogP contribution >= 0.6 is 0 Å². The number of halogens is 2. The van der Waals surface area contributed by atoms with Crippen LogP contribution in [-0.2, 0) is 9.59 Å². The quantitative estimate of drug-likeness (QED) is 0.682. The Morgan fingerprint density at radius 1 is 1.44 bits per heavy atom. The first kappa shape index (κ1) is 12.3. The molecule has 0 radical (unpaired) electrons. The van der Waals surface area contributed by atoms with Gasteiger partial charge in [0, 0.05) is 6.42 Å². The van der Waals surface area contributed by atoms with Gasteiger partial charge < -0.3 is 16.4 Å². The molecule has 4 N–H and O–H groups in total. The molecule has 0 aliphatic carbocycles. The van der Waals surface area contributed by atoms with E-state index < -0.39 is 29.3 Å². The van der Waals surface area contributed by atoms with Crippen LogP contribution in [0.1, 0.15) is 12.8 Å². The Kier molecular flexibility index (Phi) is 3.14. The molecule has 0 spiro atoms. The van der Waals surface area contributed by atoms with Gasteiger partial charge in [-0.25, -0.2) is 8.78 Å². The van der Waals surface area contributed by atoms with Gasteiger partial charge in [0.15, 0.2) is 11.6 Å². The molecule has 1 unspecified atom stereocenters. The van der Waals surface area contributed by atoms with E-state index in [1.165, 1.54) is 6.07 Å². The number of amides is 2. The number of anilines is 2. The second kappa shape index (κ2) is 4.59. The zero-order chi connectivity index (χ0) is 13.3. The van der Waals surface area contributed by atoms with E-state index in [0.717, 1.165) is 6.07 Å². The van der Waals surface area contributed by atoms with Crippen molar-refractivity contribution in [2.75, 3.05) is 11.1 Å². The van der Waals surface area contributed by atoms with Gasteiger partial charge in [0.25, 0.3) is 0 Å². The molecule has 2 amide bonds. The topological polar surface area (TPSA) is 84.2 Å². The Bertz CT molecular complexity index is 519. The summed E-state index contributed by atoms with van der Waals surface area (Å²) in [4.78, 5) is 22.7. The number of carbonyl (C=O) groups excluding carboxylic acids is 2. The van der Waals surface area contributed by atoms with E-state index in [9.17, 15) is 18.4 Å². The maximum absolute atomic E-state index is 13.2. The average molecular weight is 255 g/mol. The van der Waals surface area contributed by atoms with Crippen molar-refractivity contribution in [1.82, 2.24) is 5.32 Å². The van der Waals surface area contributed by atoms with Crippen LogP contribution in [-0.4, -0.2) is 17.9 Å². The smallest absolute Gasteiger partial charge is 0.247 e. The number of nitrogen functional groups attached to an aromatic ring is 1. The van der Waals surface area contributed by atoms with Gasteiger partial charge in [-0.05, 0) is 18.6 Å². The molecule has 2 rings (SSSR count). The summed E-state index contributed by atoms with van der Waals surface area (Å²) >= 11 is 0. The monoisotopic (exact) mass is 255 g/mol. The highest BCUT2D eigenvalue weighted by atomic mass is 19.2. The molecule has 0 saturated carbocycles. The molecule has 1 atom stereocenters. The van der Waals surface area contributed by atoms with Gasteiger partial charge in [0.05, 0.1) is 11.4 Å². The molecule has 96 valence electrons. The standard InChI is InChI=1S/C11H11F2N3O2/c12-5-1-2-6(10(14)9(5)13)16-11(18)7-3-4-8(17)15-7/h1-2,7H,3-4,14H2,(H,15,17)(H,16,18). The molecule has 0 bridgehead atoms. The van der Waals surface area contributed by atoms with Crippen LogP contribution in [0, 0.1) is 11.6 Å². The third-order valence-electron chi connectivity index (χ3n) is 2.70. The van der Waals surface area contributed by atoms with Crippen molar-refractivity contribution in [2.45, 2.75) is 18.9 Å². The summed E-state index contributed by atoms with van der Waals surface area (Å²) in [5, 5.41) is 4.82. The lowest BCUT2D eigenvalue weighted by atomic mass is 10.2. The van der Waals surface area contributed by atoms with Crippen LogP contribution in [0.5, 0.6) is 0 Å². The number of benzene rings is 1. The minimum absolute atomic E-state index is 0.0138. The Balaban J connectivity index is 2.12. The Labute approximate surface area is 101 Å². The lowest BCUT2D eigenvalue weighted by molar-refractivity contribution is -0.122. The molecule has 1 aliphatic rings. The van der Waals surface area contributed by atoms with Crippen molar-refractivity contribution in [3.05, 3.63) is 23.8 Å². The van der Waals surface area contributed by atoms with E-state index in [0.29, 0.717) is 6.42 Å². The van der Waals surface area contributed by atoms with Crippen LogP contribution < -0.4 is 16.4 Å². The van der Waals surface area contributed by atoms with E-state index in [2.05, 4.69) is 10.6 Å². The molecule has 7 heteroatoms. The predicted octanol–water partition coefficient (Wildman–Crippen LogP) is 0.764. The van der Waals surface area contributed by atoms with Gasteiger partial charge in [-0.1, -0.05) is 0 Å². The molecule has 5 nitrogen and oxygen atoms in total. The summed E-state index contributed by atoms with van der Waals surface area (Å²) in [6, 6.07) is 1.38. The third-order valence-corrected chi connectivity index (χ3v) is 2.70. The molecule has 0 aromatic heterocycles. The third kappa shape index (κ3) is 2.24. The SMILES string of the molecule is Nc1c(NC(=O)C2CCC(=O)N2)ccc(F)c1F.